The van der Waals surface area contributed by atoms with E-state index >= 15 is 0 Å². The number of para-hydroxylation sites is 1. The molecule has 0 unspecified atom stereocenters. The van der Waals surface area contributed by atoms with Crippen molar-refractivity contribution in [3.63, 3.8) is 0 Å². The molecule has 0 aliphatic rings. The molecule has 0 atom stereocenters. The summed E-state index contributed by atoms with van der Waals surface area (Å²) < 4.78 is 6.90. The second kappa shape index (κ2) is 3.31. The molecule has 2 aromatic rings. The van der Waals surface area contributed by atoms with E-state index in [9.17, 15) is 0 Å². The van der Waals surface area contributed by atoms with Crippen molar-refractivity contribution in [3.05, 3.63) is 42.7 Å². The highest BCUT2D eigenvalue weighted by Gasteiger charge is 2.02. The zero-order valence-corrected chi connectivity index (χ0v) is 7.27. The van der Waals surface area contributed by atoms with Gasteiger partial charge in [-0.3, -0.25) is 0 Å². The van der Waals surface area contributed by atoms with Crippen molar-refractivity contribution in [1.82, 2.24) is 9.78 Å². The highest BCUT2D eigenvalue weighted by Crippen LogP contribution is 2.19. The summed E-state index contributed by atoms with van der Waals surface area (Å²) in [7, 11) is 1.64. The van der Waals surface area contributed by atoms with Gasteiger partial charge in [-0.15, -0.1) is 0 Å². The molecule has 0 N–H and O–H groups in total. The van der Waals surface area contributed by atoms with Crippen LogP contribution in [0.2, 0.25) is 0 Å². The Morgan fingerprint density at radius 2 is 2.38 bits per heavy atom. The standard InChI is InChI=1S/C10H9N2O/c1-13-10-6-3-2-5-9(10)12-8-4-7-11-12/h2-4,6-8H,1H3. The first-order valence-electron chi connectivity index (χ1n) is 3.96. The summed E-state index contributed by atoms with van der Waals surface area (Å²) in [5, 5.41) is 4.10. The van der Waals surface area contributed by atoms with Crippen molar-refractivity contribution in [2.45, 2.75) is 0 Å². The Bertz CT molecular complexity index is 382. The molecule has 1 heterocycles. The summed E-state index contributed by atoms with van der Waals surface area (Å²) in [5.74, 6) is 0.770. The lowest BCUT2D eigenvalue weighted by atomic mass is 10.3. The number of nitrogens with zero attached hydrogens (tertiary/aromatic N) is 2. The van der Waals surface area contributed by atoms with Crippen LogP contribution in [0.4, 0.5) is 0 Å². The average molecular weight is 173 g/mol. The minimum atomic E-state index is 0.770. The Morgan fingerprint density at radius 1 is 1.46 bits per heavy atom. The molecule has 0 spiro atoms. The van der Waals surface area contributed by atoms with Crippen molar-refractivity contribution in [3.8, 4) is 11.4 Å². The van der Waals surface area contributed by atoms with Gasteiger partial charge in [0, 0.05) is 18.5 Å². The highest BCUT2D eigenvalue weighted by atomic mass is 16.5. The van der Waals surface area contributed by atoms with Crippen molar-refractivity contribution in [1.29, 1.82) is 0 Å². The van der Waals surface area contributed by atoms with E-state index in [1.54, 1.807) is 18.0 Å². The van der Waals surface area contributed by atoms with E-state index in [0.29, 0.717) is 0 Å². The lowest BCUT2D eigenvalue weighted by Crippen LogP contribution is -1.97. The zero-order valence-electron chi connectivity index (χ0n) is 7.27. The molecular weight excluding hydrogens is 164 g/mol. The van der Waals surface area contributed by atoms with E-state index in [4.69, 9.17) is 4.74 Å². The van der Waals surface area contributed by atoms with Crippen LogP contribution in [0, 0.1) is 6.07 Å². The number of methoxy groups -OCH3 is 1. The summed E-state index contributed by atoms with van der Waals surface area (Å²) in [6.45, 7) is 0. The van der Waals surface area contributed by atoms with E-state index in [-0.39, 0.29) is 0 Å². The van der Waals surface area contributed by atoms with Crippen LogP contribution in [0.1, 0.15) is 0 Å². The maximum atomic E-state index is 5.18. The normalized spacial score (nSPS) is 9.92. The molecule has 2 rings (SSSR count). The van der Waals surface area contributed by atoms with Gasteiger partial charge in [0.25, 0.3) is 0 Å². The molecule has 0 amide bonds. The SMILES string of the molecule is COc1ccc[c]c1-n1cccn1. The van der Waals surface area contributed by atoms with Crippen molar-refractivity contribution >= 4 is 0 Å². The summed E-state index contributed by atoms with van der Waals surface area (Å²) >= 11 is 0. The number of benzene rings is 1. The predicted molar refractivity (Wildman–Crippen MR) is 49.0 cm³/mol. The third-order valence-electron chi connectivity index (χ3n) is 1.75. The number of ether oxygens (including phenoxy) is 1. The van der Waals surface area contributed by atoms with Crippen LogP contribution in [0.3, 0.4) is 0 Å². The Hall–Kier alpha value is -1.77. The molecule has 1 aromatic carbocycles. The molecule has 0 fully saturated rings. The largest absolute Gasteiger partial charge is 0.494 e. The van der Waals surface area contributed by atoms with Gasteiger partial charge in [0.1, 0.15) is 11.4 Å². The summed E-state index contributed by atoms with van der Waals surface area (Å²) in [6, 6.07) is 10.5. The maximum Gasteiger partial charge on any atom is 0.145 e. The molecule has 0 saturated heterocycles. The Kier molecular flexibility index (Phi) is 2.00. The molecule has 0 saturated carbocycles. The third-order valence-corrected chi connectivity index (χ3v) is 1.75. The van der Waals surface area contributed by atoms with Gasteiger partial charge in [0.2, 0.25) is 0 Å². The van der Waals surface area contributed by atoms with Gasteiger partial charge in [-0.05, 0) is 12.1 Å². The summed E-state index contributed by atoms with van der Waals surface area (Å²) in [6.07, 6.45) is 3.58. The summed E-state index contributed by atoms with van der Waals surface area (Å²) in [5.41, 5.74) is 0.829. The first-order chi connectivity index (χ1) is 6.42. The highest BCUT2D eigenvalue weighted by molar-refractivity contribution is 5.44. The van der Waals surface area contributed by atoms with Gasteiger partial charge >= 0.3 is 0 Å². The molecule has 1 radical (unpaired) electrons. The lowest BCUT2D eigenvalue weighted by molar-refractivity contribution is 0.411. The summed E-state index contributed by atoms with van der Waals surface area (Å²) in [4.78, 5) is 0. The van der Waals surface area contributed by atoms with Crippen molar-refractivity contribution < 1.29 is 4.74 Å². The lowest BCUT2D eigenvalue weighted by Gasteiger charge is -2.06. The molecule has 1 aromatic heterocycles. The van der Waals surface area contributed by atoms with E-state index < -0.39 is 0 Å². The first-order valence-corrected chi connectivity index (χ1v) is 3.96. The van der Waals surface area contributed by atoms with Crippen LogP contribution in [0.15, 0.2) is 36.7 Å². The monoisotopic (exact) mass is 173 g/mol. The topological polar surface area (TPSA) is 27.1 Å². The van der Waals surface area contributed by atoms with Gasteiger partial charge < -0.3 is 4.74 Å². The molecule has 13 heavy (non-hydrogen) atoms. The van der Waals surface area contributed by atoms with Crippen LogP contribution >= 0.6 is 0 Å². The number of hydrogen-bond donors (Lipinski definition) is 0. The van der Waals surface area contributed by atoms with Crippen molar-refractivity contribution in [2.24, 2.45) is 0 Å². The number of rotatable bonds is 2. The van der Waals surface area contributed by atoms with E-state index in [2.05, 4.69) is 11.2 Å². The number of aromatic nitrogens is 2. The third kappa shape index (κ3) is 1.40. The van der Waals surface area contributed by atoms with Crippen LogP contribution in [-0.4, -0.2) is 16.9 Å². The van der Waals surface area contributed by atoms with Gasteiger partial charge in [-0.1, -0.05) is 12.1 Å². The van der Waals surface area contributed by atoms with E-state index in [0.717, 1.165) is 11.4 Å². The fourth-order valence-corrected chi connectivity index (χ4v) is 1.16. The van der Waals surface area contributed by atoms with Crippen LogP contribution in [0.25, 0.3) is 5.69 Å². The second-order valence-electron chi connectivity index (χ2n) is 2.54. The van der Waals surface area contributed by atoms with Gasteiger partial charge in [-0.25, -0.2) is 4.68 Å². The molecule has 0 aliphatic carbocycles. The smallest absolute Gasteiger partial charge is 0.145 e. The van der Waals surface area contributed by atoms with Gasteiger partial charge in [0.15, 0.2) is 0 Å². The van der Waals surface area contributed by atoms with Crippen LogP contribution in [-0.2, 0) is 0 Å². The molecule has 0 aliphatic heterocycles. The quantitative estimate of drug-likeness (QED) is 0.690. The fraction of sp³-hybridized carbons (Fsp3) is 0.100. The molecule has 3 nitrogen and oxygen atoms in total. The van der Waals surface area contributed by atoms with E-state index in [1.165, 1.54) is 0 Å². The number of hydrogen-bond acceptors (Lipinski definition) is 2. The van der Waals surface area contributed by atoms with Gasteiger partial charge in [-0.2, -0.15) is 5.10 Å². The predicted octanol–water partition coefficient (Wildman–Crippen LogP) is 1.68. The van der Waals surface area contributed by atoms with Crippen LogP contribution < -0.4 is 4.74 Å². The van der Waals surface area contributed by atoms with Crippen LogP contribution in [0.5, 0.6) is 5.75 Å². The minimum Gasteiger partial charge on any atom is -0.494 e. The second-order valence-corrected chi connectivity index (χ2v) is 2.54. The average Bonchev–Trinajstić information content (AvgIpc) is 2.70. The molecule has 65 valence electrons. The van der Waals surface area contributed by atoms with Gasteiger partial charge in [0.05, 0.1) is 7.11 Å². The minimum absolute atomic E-state index is 0.770. The fourth-order valence-electron chi connectivity index (χ4n) is 1.16. The Morgan fingerprint density at radius 3 is 3.08 bits per heavy atom. The molecule has 3 heteroatoms. The Balaban J connectivity index is 2.51. The van der Waals surface area contributed by atoms with Crippen molar-refractivity contribution in [2.75, 3.05) is 7.11 Å². The maximum absolute atomic E-state index is 5.18. The Labute approximate surface area is 76.6 Å². The van der Waals surface area contributed by atoms with E-state index in [1.807, 2.05) is 30.5 Å². The molecular formula is C10H9N2O. The zero-order chi connectivity index (χ0) is 9.10. The molecule has 0 bridgehead atoms. The first kappa shape index (κ1) is 7.86.